The maximum atomic E-state index is 14.6. The van der Waals surface area contributed by atoms with Gasteiger partial charge in [-0.2, -0.15) is 0 Å². The van der Waals surface area contributed by atoms with Gasteiger partial charge in [-0.05, 0) is 40.5 Å². The molecule has 0 spiro atoms. The van der Waals surface area contributed by atoms with Crippen molar-refractivity contribution in [3.05, 3.63) is 89.2 Å². The smallest absolute Gasteiger partial charge is 0.411 e. The van der Waals surface area contributed by atoms with Gasteiger partial charge in [0.2, 0.25) is 0 Å². The number of hydrogen-bond acceptors (Lipinski definition) is 4. The topological polar surface area (TPSA) is 95.9 Å². The Labute approximate surface area is 201 Å². The zero-order valence-corrected chi connectivity index (χ0v) is 18.7. The lowest BCUT2D eigenvalue weighted by Crippen LogP contribution is -2.50. The van der Waals surface area contributed by atoms with Crippen molar-refractivity contribution in [3.8, 4) is 11.1 Å². The summed E-state index contributed by atoms with van der Waals surface area (Å²) in [6.07, 6.45) is -0.787. The first-order chi connectivity index (χ1) is 16.9. The summed E-state index contributed by atoms with van der Waals surface area (Å²) in [5, 5.41) is 11.2. The first-order valence-electron chi connectivity index (χ1n) is 11.3. The van der Waals surface area contributed by atoms with Gasteiger partial charge >= 0.3 is 12.1 Å². The predicted molar refractivity (Wildman–Crippen MR) is 127 cm³/mol. The number of carbonyl (C=O) groups is 3. The Morgan fingerprint density at radius 1 is 0.971 bits per heavy atom. The molecule has 0 bridgehead atoms. The van der Waals surface area contributed by atoms with Gasteiger partial charge in [-0.15, -0.1) is 0 Å². The van der Waals surface area contributed by atoms with Gasteiger partial charge in [0.25, 0.3) is 5.91 Å². The lowest BCUT2D eigenvalue weighted by molar-refractivity contribution is -0.139. The molecular formula is C27H23FN2O5. The monoisotopic (exact) mass is 474 g/mol. The lowest BCUT2D eigenvalue weighted by Gasteiger charge is -2.38. The first kappa shape index (κ1) is 22.6. The van der Waals surface area contributed by atoms with Crippen LogP contribution in [0.4, 0.5) is 14.9 Å². The highest BCUT2D eigenvalue weighted by molar-refractivity contribution is 5.96. The number of rotatable bonds is 6. The lowest BCUT2D eigenvalue weighted by atomic mass is 9.95. The summed E-state index contributed by atoms with van der Waals surface area (Å²) in [7, 11) is 0. The van der Waals surface area contributed by atoms with Gasteiger partial charge in [-0.25, -0.2) is 9.18 Å². The molecule has 1 fully saturated rings. The van der Waals surface area contributed by atoms with Gasteiger partial charge in [0.1, 0.15) is 12.4 Å². The summed E-state index contributed by atoms with van der Waals surface area (Å²) >= 11 is 0. The maximum absolute atomic E-state index is 14.6. The standard InChI is InChI=1S/C27H23FN2O5/c28-23-12-17(26(33)30-13-16(14-30)11-25(31)32)9-10-24(23)29-27(34)35-15-22-20-7-3-1-5-18(20)19-6-2-4-8-21(19)22/h1-10,12,16,22H,11,13-15H2,(H,29,34)(H,31,32). The van der Waals surface area contributed by atoms with Crippen molar-refractivity contribution in [1.82, 2.24) is 4.90 Å². The van der Waals surface area contributed by atoms with E-state index >= 15 is 0 Å². The average Bonchev–Trinajstić information content (AvgIpc) is 3.14. The molecule has 7 nitrogen and oxygen atoms in total. The highest BCUT2D eigenvalue weighted by Gasteiger charge is 2.33. The molecule has 0 aromatic heterocycles. The molecule has 1 heterocycles. The molecule has 3 aromatic rings. The molecule has 0 radical (unpaired) electrons. The molecule has 2 aliphatic rings. The molecule has 5 rings (SSSR count). The van der Waals surface area contributed by atoms with E-state index in [1.807, 2.05) is 48.5 Å². The highest BCUT2D eigenvalue weighted by atomic mass is 19.1. The van der Waals surface area contributed by atoms with E-state index in [9.17, 15) is 18.8 Å². The van der Waals surface area contributed by atoms with Crippen LogP contribution >= 0.6 is 0 Å². The van der Waals surface area contributed by atoms with Crippen LogP contribution in [-0.4, -0.2) is 47.7 Å². The van der Waals surface area contributed by atoms with E-state index in [-0.39, 0.29) is 42.0 Å². The molecular weight excluding hydrogens is 451 g/mol. The van der Waals surface area contributed by atoms with Crippen LogP contribution in [0.25, 0.3) is 11.1 Å². The normalized spacial score (nSPS) is 14.6. The third kappa shape index (κ3) is 4.47. The van der Waals surface area contributed by atoms with Crippen molar-refractivity contribution in [2.75, 3.05) is 25.0 Å². The van der Waals surface area contributed by atoms with Crippen molar-refractivity contribution in [1.29, 1.82) is 0 Å². The number of nitrogens with one attached hydrogen (secondary N) is 1. The Kier molecular flexibility index (Phi) is 5.94. The maximum Gasteiger partial charge on any atom is 0.411 e. The molecule has 8 heteroatoms. The number of carboxylic acid groups (broad SMARTS) is 1. The minimum Gasteiger partial charge on any atom is -0.481 e. The second kappa shape index (κ2) is 9.21. The van der Waals surface area contributed by atoms with Crippen LogP contribution in [0.2, 0.25) is 0 Å². The van der Waals surface area contributed by atoms with Crippen LogP contribution in [0.3, 0.4) is 0 Å². The molecule has 35 heavy (non-hydrogen) atoms. The molecule has 1 saturated heterocycles. The number of anilines is 1. The molecule has 0 unspecified atom stereocenters. The van der Waals surface area contributed by atoms with Crippen molar-refractivity contribution in [2.45, 2.75) is 12.3 Å². The van der Waals surface area contributed by atoms with Gasteiger partial charge in [0, 0.05) is 30.5 Å². The van der Waals surface area contributed by atoms with Crippen LogP contribution in [0, 0.1) is 11.7 Å². The molecule has 3 aromatic carbocycles. The van der Waals surface area contributed by atoms with Crippen LogP contribution in [0.15, 0.2) is 66.7 Å². The Morgan fingerprint density at radius 3 is 2.20 bits per heavy atom. The van der Waals surface area contributed by atoms with Gasteiger partial charge in [0.15, 0.2) is 0 Å². The average molecular weight is 474 g/mol. The van der Waals surface area contributed by atoms with E-state index in [0.717, 1.165) is 28.3 Å². The Hall–Kier alpha value is -4.20. The fraction of sp³-hybridized carbons (Fsp3) is 0.222. The quantitative estimate of drug-likeness (QED) is 0.538. The number of nitrogens with zero attached hydrogens (tertiary/aromatic N) is 1. The van der Waals surface area contributed by atoms with E-state index in [1.165, 1.54) is 17.0 Å². The fourth-order valence-corrected chi connectivity index (χ4v) is 4.79. The van der Waals surface area contributed by atoms with Crippen LogP contribution in [0.1, 0.15) is 33.8 Å². The zero-order chi connectivity index (χ0) is 24.5. The Morgan fingerprint density at radius 2 is 1.60 bits per heavy atom. The number of fused-ring (bicyclic) bond motifs is 3. The fourth-order valence-electron chi connectivity index (χ4n) is 4.79. The number of halogens is 1. The van der Waals surface area contributed by atoms with Crippen LogP contribution in [-0.2, 0) is 9.53 Å². The predicted octanol–water partition coefficient (Wildman–Crippen LogP) is 4.73. The molecule has 0 atom stereocenters. The number of ether oxygens (including phenoxy) is 1. The highest BCUT2D eigenvalue weighted by Crippen LogP contribution is 2.44. The third-order valence-corrected chi connectivity index (χ3v) is 6.50. The van der Waals surface area contributed by atoms with Crippen LogP contribution in [0.5, 0.6) is 0 Å². The third-order valence-electron chi connectivity index (χ3n) is 6.50. The van der Waals surface area contributed by atoms with Crippen molar-refractivity contribution < 1.29 is 28.6 Å². The van der Waals surface area contributed by atoms with E-state index in [1.54, 1.807) is 0 Å². The second-order valence-corrected chi connectivity index (χ2v) is 8.82. The van der Waals surface area contributed by atoms with Gasteiger partial charge in [0.05, 0.1) is 12.1 Å². The number of carbonyl (C=O) groups excluding carboxylic acids is 2. The number of aliphatic carboxylic acids is 1. The van der Waals surface area contributed by atoms with Crippen molar-refractivity contribution >= 4 is 23.7 Å². The molecule has 0 saturated carbocycles. The number of likely N-dealkylation sites (tertiary alicyclic amines) is 1. The summed E-state index contributed by atoms with van der Waals surface area (Å²) in [6.45, 7) is 0.753. The van der Waals surface area contributed by atoms with Crippen molar-refractivity contribution in [2.24, 2.45) is 5.92 Å². The van der Waals surface area contributed by atoms with Gasteiger partial charge < -0.3 is 14.7 Å². The number of hydrogen-bond donors (Lipinski definition) is 2. The van der Waals surface area contributed by atoms with Crippen molar-refractivity contribution in [3.63, 3.8) is 0 Å². The minimum atomic E-state index is -0.906. The molecule has 1 aliphatic carbocycles. The van der Waals surface area contributed by atoms with E-state index in [2.05, 4.69) is 5.32 Å². The largest absolute Gasteiger partial charge is 0.481 e. The Balaban J connectivity index is 1.20. The summed E-state index contributed by atoms with van der Waals surface area (Å²) in [4.78, 5) is 37.1. The number of benzene rings is 3. The molecule has 2 amide bonds. The van der Waals surface area contributed by atoms with E-state index < -0.39 is 17.9 Å². The van der Waals surface area contributed by atoms with Gasteiger partial charge in [-0.1, -0.05) is 48.5 Å². The number of carboxylic acids is 1. The molecule has 1 aliphatic heterocycles. The molecule has 2 N–H and O–H groups in total. The second-order valence-electron chi connectivity index (χ2n) is 8.82. The molecule has 178 valence electrons. The SMILES string of the molecule is O=C(O)CC1CN(C(=O)c2ccc(NC(=O)OCC3c4ccccc4-c4ccccc43)c(F)c2)C1. The summed E-state index contributed by atoms with van der Waals surface area (Å²) in [6, 6.07) is 19.7. The van der Waals surface area contributed by atoms with E-state index in [4.69, 9.17) is 9.84 Å². The minimum absolute atomic E-state index is 0.00113. The van der Waals surface area contributed by atoms with Crippen LogP contribution < -0.4 is 5.32 Å². The first-order valence-corrected chi connectivity index (χ1v) is 11.3. The summed E-state index contributed by atoms with van der Waals surface area (Å²) in [5.74, 6) is -2.24. The summed E-state index contributed by atoms with van der Waals surface area (Å²) in [5.41, 5.74) is 4.42. The summed E-state index contributed by atoms with van der Waals surface area (Å²) < 4.78 is 20.1. The Bertz CT molecular complexity index is 1270. The number of amides is 2. The van der Waals surface area contributed by atoms with E-state index in [0.29, 0.717) is 13.1 Å². The van der Waals surface area contributed by atoms with Gasteiger partial charge in [-0.3, -0.25) is 14.9 Å². The zero-order valence-electron chi connectivity index (χ0n) is 18.7.